The van der Waals surface area contributed by atoms with Crippen molar-refractivity contribution >= 4 is 15.7 Å². The van der Waals surface area contributed by atoms with Gasteiger partial charge < -0.3 is 5.32 Å². The molecular weight excluding hydrogens is 342 g/mol. The van der Waals surface area contributed by atoms with E-state index >= 15 is 0 Å². The normalized spacial score (nSPS) is 21.8. The van der Waals surface area contributed by atoms with E-state index in [4.69, 9.17) is 0 Å². The summed E-state index contributed by atoms with van der Waals surface area (Å²) in [6, 6.07) is 10.5. The molecule has 7 nitrogen and oxygen atoms in total. The Morgan fingerprint density at radius 2 is 1.96 bits per heavy atom. The van der Waals surface area contributed by atoms with E-state index in [9.17, 15) is 18.0 Å². The number of carbonyl (C=O) groups is 1. The number of benzene rings is 1. The van der Waals surface area contributed by atoms with Crippen molar-refractivity contribution in [2.24, 2.45) is 0 Å². The Balaban J connectivity index is 1.95. The molecule has 1 aromatic heterocycles. The van der Waals surface area contributed by atoms with Crippen molar-refractivity contribution < 1.29 is 13.2 Å². The first kappa shape index (κ1) is 17.3. The standard InChI is InChI=1S/C17H19N3O4S/c1-12-10-14(21)15(19-20(12)13-6-4-3-5-7-13)16(22)18-17(2)8-9-25(23,24)11-17/h3-7,10H,8-9,11H2,1-2H3,(H,18,22)/t17-/m1/s1. The molecule has 132 valence electrons. The first-order valence-corrected chi connectivity index (χ1v) is 9.71. The summed E-state index contributed by atoms with van der Waals surface area (Å²) in [6.45, 7) is 3.40. The number of sulfone groups is 1. The second-order valence-electron chi connectivity index (χ2n) is 6.60. The maximum atomic E-state index is 12.6. The third-order valence-corrected chi connectivity index (χ3v) is 6.15. The van der Waals surface area contributed by atoms with Gasteiger partial charge in [0.2, 0.25) is 5.43 Å². The third-order valence-electron chi connectivity index (χ3n) is 4.24. The van der Waals surface area contributed by atoms with Gasteiger partial charge in [0, 0.05) is 11.8 Å². The van der Waals surface area contributed by atoms with Crippen LogP contribution in [0, 0.1) is 6.92 Å². The summed E-state index contributed by atoms with van der Waals surface area (Å²) < 4.78 is 24.9. The van der Waals surface area contributed by atoms with E-state index in [1.165, 1.54) is 10.7 Å². The summed E-state index contributed by atoms with van der Waals surface area (Å²) in [6.07, 6.45) is 0.319. The third kappa shape index (κ3) is 3.63. The van der Waals surface area contributed by atoms with Gasteiger partial charge in [-0.25, -0.2) is 13.1 Å². The fraction of sp³-hybridized carbons (Fsp3) is 0.353. The van der Waals surface area contributed by atoms with Crippen molar-refractivity contribution in [3.63, 3.8) is 0 Å². The molecule has 0 saturated carbocycles. The smallest absolute Gasteiger partial charge is 0.276 e. The van der Waals surface area contributed by atoms with E-state index in [2.05, 4.69) is 10.4 Å². The van der Waals surface area contributed by atoms with E-state index < -0.39 is 26.7 Å². The van der Waals surface area contributed by atoms with Crippen molar-refractivity contribution in [3.8, 4) is 5.69 Å². The number of para-hydroxylation sites is 1. The lowest BCUT2D eigenvalue weighted by molar-refractivity contribution is 0.0907. The van der Waals surface area contributed by atoms with Gasteiger partial charge in [-0.1, -0.05) is 18.2 Å². The monoisotopic (exact) mass is 361 g/mol. The summed E-state index contributed by atoms with van der Waals surface area (Å²) in [4.78, 5) is 24.8. The van der Waals surface area contributed by atoms with Gasteiger partial charge in [-0.15, -0.1) is 0 Å². The van der Waals surface area contributed by atoms with Gasteiger partial charge in [-0.3, -0.25) is 9.59 Å². The zero-order valence-corrected chi connectivity index (χ0v) is 14.8. The predicted molar refractivity (Wildman–Crippen MR) is 93.7 cm³/mol. The van der Waals surface area contributed by atoms with Crippen LogP contribution in [0.3, 0.4) is 0 Å². The first-order valence-electron chi connectivity index (χ1n) is 7.88. The van der Waals surface area contributed by atoms with Crippen LogP contribution in [-0.2, 0) is 9.84 Å². The Morgan fingerprint density at radius 3 is 2.56 bits per heavy atom. The van der Waals surface area contributed by atoms with Crippen molar-refractivity contribution in [2.45, 2.75) is 25.8 Å². The Hall–Kier alpha value is -2.48. The molecule has 1 aliphatic rings. The molecule has 0 unspecified atom stereocenters. The maximum absolute atomic E-state index is 12.6. The average molecular weight is 361 g/mol. The molecule has 1 aliphatic heterocycles. The van der Waals surface area contributed by atoms with Crippen molar-refractivity contribution in [2.75, 3.05) is 11.5 Å². The van der Waals surface area contributed by atoms with Gasteiger partial charge in [-0.2, -0.15) is 5.10 Å². The lowest BCUT2D eigenvalue weighted by atomic mass is 10.0. The molecular formula is C17H19N3O4S. The van der Waals surface area contributed by atoms with Gasteiger partial charge in [0.25, 0.3) is 5.91 Å². The fourth-order valence-electron chi connectivity index (χ4n) is 2.98. The first-order chi connectivity index (χ1) is 11.7. The summed E-state index contributed by atoms with van der Waals surface area (Å²) in [7, 11) is -3.17. The number of aryl methyl sites for hydroxylation is 1. The molecule has 3 rings (SSSR count). The lowest BCUT2D eigenvalue weighted by Gasteiger charge is -2.23. The number of aromatic nitrogens is 2. The summed E-state index contributed by atoms with van der Waals surface area (Å²) in [5.74, 6) is -0.765. The number of nitrogens with zero attached hydrogens (tertiary/aromatic N) is 2. The summed E-state index contributed by atoms with van der Waals surface area (Å²) in [5.41, 5.74) is -0.301. The molecule has 25 heavy (non-hydrogen) atoms. The number of hydrogen-bond acceptors (Lipinski definition) is 5. The predicted octanol–water partition coefficient (Wildman–Crippen LogP) is 0.848. The van der Waals surface area contributed by atoms with E-state index in [1.54, 1.807) is 13.8 Å². The highest BCUT2D eigenvalue weighted by molar-refractivity contribution is 7.91. The number of carbonyl (C=O) groups excluding carboxylic acids is 1. The number of amides is 1. The number of rotatable bonds is 3. The minimum absolute atomic E-state index is 0.0271. The molecule has 1 atom stereocenters. The van der Waals surface area contributed by atoms with Crippen molar-refractivity contribution in [3.05, 3.63) is 58.0 Å². The van der Waals surface area contributed by atoms with Crippen molar-refractivity contribution in [1.82, 2.24) is 15.1 Å². The molecule has 1 fully saturated rings. The van der Waals surface area contributed by atoms with E-state index in [0.29, 0.717) is 12.1 Å². The highest BCUT2D eigenvalue weighted by Gasteiger charge is 2.40. The van der Waals surface area contributed by atoms with Crippen LogP contribution < -0.4 is 10.7 Å². The summed E-state index contributed by atoms with van der Waals surface area (Å²) in [5, 5.41) is 6.87. The largest absolute Gasteiger partial charge is 0.344 e. The minimum atomic E-state index is -3.17. The zero-order chi connectivity index (χ0) is 18.2. The Kier molecular flexibility index (Phi) is 4.24. The van der Waals surface area contributed by atoms with Crippen LogP contribution in [0.5, 0.6) is 0 Å². The van der Waals surface area contributed by atoms with Gasteiger partial charge in [0.15, 0.2) is 15.5 Å². The molecule has 1 aromatic carbocycles. The molecule has 8 heteroatoms. The number of nitrogens with one attached hydrogen (secondary N) is 1. The topological polar surface area (TPSA) is 98.1 Å². The van der Waals surface area contributed by atoms with Gasteiger partial charge in [-0.05, 0) is 32.4 Å². The van der Waals surface area contributed by atoms with E-state index in [1.807, 2.05) is 30.3 Å². The second kappa shape index (κ2) is 6.11. The molecule has 1 N–H and O–H groups in total. The van der Waals surface area contributed by atoms with E-state index in [-0.39, 0.29) is 17.2 Å². The van der Waals surface area contributed by atoms with Crippen LogP contribution in [0.25, 0.3) is 5.69 Å². The molecule has 2 heterocycles. The molecule has 0 radical (unpaired) electrons. The molecule has 1 saturated heterocycles. The minimum Gasteiger partial charge on any atom is -0.344 e. The molecule has 1 amide bonds. The van der Waals surface area contributed by atoms with Crippen molar-refractivity contribution in [1.29, 1.82) is 0 Å². The Labute approximate surface area is 145 Å². The Bertz CT molecular complexity index is 983. The van der Waals surface area contributed by atoms with Crippen LogP contribution in [0.4, 0.5) is 0 Å². The Morgan fingerprint density at radius 1 is 1.28 bits per heavy atom. The van der Waals surface area contributed by atoms with Crippen LogP contribution >= 0.6 is 0 Å². The molecule has 0 aliphatic carbocycles. The highest BCUT2D eigenvalue weighted by atomic mass is 32.2. The molecule has 0 spiro atoms. The fourth-order valence-corrected chi connectivity index (χ4v) is 5.07. The highest BCUT2D eigenvalue weighted by Crippen LogP contribution is 2.23. The quantitative estimate of drug-likeness (QED) is 0.874. The van der Waals surface area contributed by atoms with Gasteiger partial charge in [0.05, 0.1) is 22.7 Å². The maximum Gasteiger partial charge on any atom is 0.276 e. The summed E-state index contributed by atoms with van der Waals surface area (Å²) >= 11 is 0. The van der Waals surface area contributed by atoms with E-state index in [0.717, 1.165) is 5.69 Å². The lowest BCUT2D eigenvalue weighted by Crippen LogP contribution is -2.48. The van der Waals surface area contributed by atoms with Crippen LogP contribution in [0.2, 0.25) is 0 Å². The zero-order valence-electron chi connectivity index (χ0n) is 14.0. The SMILES string of the molecule is Cc1cc(=O)c(C(=O)N[C@]2(C)CCS(=O)(=O)C2)nn1-c1ccccc1. The number of hydrogen-bond donors (Lipinski definition) is 1. The van der Waals surface area contributed by atoms with Gasteiger partial charge >= 0.3 is 0 Å². The van der Waals surface area contributed by atoms with Crippen LogP contribution in [0.1, 0.15) is 29.5 Å². The average Bonchev–Trinajstić information content (AvgIpc) is 2.81. The second-order valence-corrected chi connectivity index (χ2v) is 8.79. The van der Waals surface area contributed by atoms with Crippen LogP contribution in [-0.4, -0.2) is 41.2 Å². The van der Waals surface area contributed by atoms with Crippen LogP contribution in [0.15, 0.2) is 41.2 Å². The molecule has 2 aromatic rings. The molecule has 0 bridgehead atoms. The van der Waals surface area contributed by atoms with Gasteiger partial charge in [0.1, 0.15) is 0 Å².